The van der Waals surface area contributed by atoms with Crippen molar-refractivity contribution in [2.75, 3.05) is 13.7 Å². The molecule has 0 spiro atoms. The average Bonchev–Trinajstić information content (AvgIpc) is 2.78. The van der Waals surface area contributed by atoms with E-state index in [-0.39, 0.29) is 5.41 Å². The monoisotopic (exact) mass is 224 g/mol. The van der Waals surface area contributed by atoms with Crippen molar-refractivity contribution in [3.8, 4) is 0 Å². The molecule has 0 saturated heterocycles. The van der Waals surface area contributed by atoms with Crippen LogP contribution in [-0.4, -0.2) is 30.5 Å². The number of methoxy groups -OCH3 is 1. The number of nitrogens with one attached hydrogen (secondary N) is 2. The Morgan fingerprint density at radius 3 is 2.69 bits per heavy atom. The van der Waals surface area contributed by atoms with Gasteiger partial charge >= 0.3 is 11.9 Å². The third-order valence-corrected chi connectivity index (χ3v) is 2.39. The highest BCUT2D eigenvalue weighted by molar-refractivity contribution is 6.32. The van der Waals surface area contributed by atoms with Crippen LogP contribution in [0.5, 0.6) is 0 Å². The highest BCUT2D eigenvalue weighted by Crippen LogP contribution is 2.19. The van der Waals surface area contributed by atoms with E-state index in [9.17, 15) is 9.59 Å². The summed E-state index contributed by atoms with van der Waals surface area (Å²) in [6.45, 7) is 4.30. The number of rotatable bonds is 3. The Morgan fingerprint density at radius 2 is 2.19 bits per heavy atom. The zero-order valence-electron chi connectivity index (χ0n) is 9.66. The van der Waals surface area contributed by atoms with Crippen LogP contribution in [-0.2, 0) is 19.7 Å². The molecule has 16 heavy (non-hydrogen) atoms. The molecule has 1 heterocycles. The second-order valence-corrected chi connectivity index (χ2v) is 4.14. The lowest BCUT2D eigenvalue weighted by Crippen LogP contribution is -2.40. The molecule has 0 atom stereocenters. The molecule has 0 radical (unpaired) electrons. The molecule has 0 fully saturated rings. The summed E-state index contributed by atoms with van der Waals surface area (Å²) >= 11 is 0. The second kappa shape index (κ2) is 4.83. The van der Waals surface area contributed by atoms with E-state index in [0.29, 0.717) is 6.54 Å². The van der Waals surface area contributed by atoms with Gasteiger partial charge in [-0.15, -0.1) is 0 Å². The van der Waals surface area contributed by atoms with Crippen LogP contribution in [0.25, 0.3) is 0 Å². The Labute approximate surface area is 94.2 Å². The van der Waals surface area contributed by atoms with Gasteiger partial charge in [-0.3, -0.25) is 4.79 Å². The van der Waals surface area contributed by atoms with E-state index in [1.807, 2.05) is 32.2 Å². The van der Waals surface area contributed by atoms with Crippen LogP contribution in [0.1, 0.15) is 19.5 Å². The maximum absolute atomic E-state index is 11.2. The van der Waals surface area contributed by atoms with Crippen molar-refractivity contribution >= 4 is 11.9 Å². The number of esters is 1. The first-order valence-corrected chi connectivity index (χ1v) is 4.97. The first-order chi connectivity index (χ1) is 7.47. The smallest absolute Gasteiger partial charge is 0.396 e. The van der Waals surface area contributed by atoms with Crippen molar-refractivity contribution in [2.24, 2.45) is 0 Å². The fourth-order valence-electron chi connectivity index (χ4n) is 1.31. The Balaban J connectivity index is 2.55. The van der Waals surface area contributed by atoms with Crippen LogP contribution >= 0.6 is 0 Å². The van der Waals surface area contributed by atoms with Crippen molar-refractivity contribution in [3.63, 3.8) is 0 Å². The van der Waals surface area contributed by atoms with Gasteiger partial charge in [0.2, 0.25) is 0 Å². The molecule has 0 aliphatic heterocycles. The van der Waals surface area contributed by atoms with Crippen molar-refractivity contribution in [3.05, 3.63) is 24.0 Å². The molecule has 0 aliphatic carbocycles. The molecule has 1 aromatic rings. The number of ether oxygens (including phenoxy) is 1. The number of carbonyl (C=O) groups is 2. The van der Waals surface area contributed by atoms with E-state index >= 15 is 0 Å². The minimum absolute atomic E-state index is 0.257. The molecular formula is C11H16N2O3. The van der Waals surface area contributed by atoms with Crippen LogP contribution in [0.15, 0.2) is 18.3 Å². The molecule has 0 aromatic carbocycles. The Hall–Kier alpha value is -1.78. The molecule has 5 nitrogen and oxygen atoms in total. The summed E-state index contributed by atoms with van der Waals surface area (Å²) in [7, 11) is 1.18. The maximum Gasteiger partial charge on any atom is 0.396 e. The van der Waals surface area contributed by atoms with Gasteiger partial charge in [-0.25, -0.2) is 4.79 Å². The molecule has 0 saturated carbocycles. The standard InChI is InChI=1S/C11H16N2O3/c1-11(2,8-5-4-6-12-8)7-13-9(14)10(15)16-3/h4-6,12H,7H2,1-3H3,(H,13,14). The van der Waals surface area contributed by atoms with Crippen molar-refractivity contribution < 1.29 is 14.3 Å². The van der Waals surface area contributed by atoms with Gasteiger partial charge < -0.3 is 15.0 Å². The summed E-state index contributed by atoms with van der Waals surface area (Å²) in [5.41, 5.74) is 0.741. The van der Waals surface area contributed by atoms with E-state index in [4.69, 9.17) is 0 Å². The number of hydrogen-bond donors (Lipinski definition) is 2. The Bertz CT molecular complexity index is 369. The van der Waals surface area contributed by atoms with E-state index in [1.54, 1.807) is 0 Å². The number of hydrogen-bond acceptors (Lipinski definition) is 3. The minimum Gasteiger partial charge on any atom is -0.462 e. The van der Waals surface area contributed by atoms with Gasteiger partial charge in [0, 0.05) is 23.9 Å². The topological polar surface area (TPSA) is 71.2 Å². The molecule has 1 amide bonds. The van der Waals surface area contributed by atoms with Gasteiger partial charge in [-0.2, -0.15) is 0 Å². The molecular weight excluding hydrogens is 208 g/mol. The van der Waals surface area contributed by atoms with Gasteiger partial charge in [0.05, 0.1) is 7.11 Å². The zero-order chi connectivity index (χ0) is 12.2. The highest BCUT2D eigenvalue weighted by Gasteiger charge is 2.24. The van der Waals surface area contributed by atoms with Gasteiger partial charge in [0.1, 0.15) is 0 Å². The van der Waals surface area contributed by atoms with E-state index in [0.717, 1.165) is 5.69 Å². The third kappa shape index (κ3) is 2.85. The maximum atomic E-state index is 11.2. The Morgan fingerprint density at radius 1 is 1.50 bits per heavy atom. The Kier molecular flexibility index (Phi) is 3.71. The number of carbonyl (C=O) groups excluding carboxylic acids is 2. The first kappa shape index (κ1) is 12.3. The molecule has 5 heteroatoms. The minimum atomic E-state index is -0.873. The summed E-state index contributed by atoms with van der Waals surface area (Å²) in [6.07, 6.45) is 1.82. The summed E-state index contributed by atoms with van der Waals surface area (Å²) < 4.78 is 4.31. The van der Waals surface area contributed by atoms with Gasteiger partial charge in [0.15, 0.2) is 0 Å². The van der Waals surface area contributed by atoms with Crippen molar-refractivity contribution in [1.29, 1.82) is 0 Å². The van der Waals surface area contributed by atoms with E-state index in [2.05, 4.69) is 15.0 Å². The predicted octanol–water partition coefficient (Wildman–Crippen LogP) is 0.581. The van der Waals surface area contributed by atoms with Crippen molar-refractivity contribution in [1.82, 2.24) is 10.3 Å². The normalized spacial score (nSPS) is 10.9. The van der Waals surface area contributed by atoms with Gasteiger partial charge in [-0.1, -0.05) is 13.8 Å². The fraction of sp³-hybridized carbons (Fsp3) is 0.455. The molecule has 1 aromatic heterocycles. The summed E-state index contributed by atoms with van der Waals surface area (Å²) in [6, 6.07) is 3.82. The predicted molar refractivity (Wildman–Crippen MR) is 58.8 cm³/mol. The lowest BCUT2D eigenvalue weighted by Gasteiger charge is -2.23. The molecule has 2 N–H and O–H groups in total. The van der Waals surface area contributed by atoms with Crippen LogP contribution in [0.3, 0.4) is 0 Å². The van der Waals surface area contributed by atoms with E-state index < -0.39 is 11.9 Å². The fourth-order valence-corrected chi connectivity index (χ4v) is 1.31. The van der Waals surface area contributed by atoms with Crippen LogP contribution in [0.4, 0.5) is 0 Å². The SMILES string of the molecule is COC(=O)C(=O)NCC(C)(C)c1ccc[nH]1. The van der Waals surface area contributed by atoms with Crippen LogP contribution in [0, 0.1) is 0 Å². The number of aromatic nitrogens is 1. The van der Waals surface area contributed by atoms with E-state index in [1.165, 1.54) is 7.11 Å². The number of amides is 1. The first-order valence-electron chi connectivity index (χ1n) is 4.97. The molecule has 88 valence electrons. The summed E-state index contributed by atoms with van der Waals surface area (Å²) in [5.74, 6) is -1.59. The largest absolute Gasteiger partial charge is 0.462 e. The summed E-state index contributed by atoms with van der Waals surface area (Å²) in [5, 5.41) is 2.53. The third-order valence-electron chi connectivity index (χ3n) is 2.39. The average molecular weight is 224 g/mol. The lowest BCUT2D eigenvalue weighted by molar-refractivity contribution is -0.152. The van der Waals surface area contributed by atoms with Crippen molar-refractivity contribution in [2.45, 2.75) is 19.3 Å². The highest BCUT2D eigenvalue weighted by atomic mass is 16.5. The number of H-pyrrole nitrogens is 1. The second-order valence-electron chi connectivity index (χ2n) is 4.14. The molecule has 0 bridgehead atoms. The number of aromatic amines is 1. The quantitative estimate of drug-likeness (QED) is 0.583. The van der Waals surface area contributed by atoms with Gasteiger partial charge in [0.25, 0.3) is 0 Å². The lowest BCUT2D eigenvalue weighted by atomic mass is 9.89. The summed E-state index contributed by atoms with van der Waals surface area (Å²) in [4.78, 5) is 25.1. The van der Waals surface area contributed by atoms with Crippen LogP contribution < -0.4 is 5.32 Å². The zero-order valence-corrected chi connectivity index (χ0v) is 9.66. The van der Waals surface area contributed by atoms with Crippen LogP contribution in [0.2, 0.25) is 0 Å². The molecule has 0 unspecified atom stereocenters. The van der Waals surface area contributed by atoms with Gasteiger partial charge in [-0.05, 0) is 12.1 Å². The molecule has 1 rings (SSSR count). The molecule has 0 aliphatic rings.